The van der Waals surface area contributed by atoms with Crippen LogP contribution in [0.2, 0.25) is 0 Å². The number of aliphatic hydroxyl groups excluding tert-OH is 1. The van der Waals surface area contributed by atoms with Crippen LogP contribution in [0.25, 0.3) is 0 Å². The van der Waals surface area contributed by atoms with Crippen molar-refractivity contribution in [1.82, 2.24) is 24.8 Å². The molecule has 31 heavy (non-hydrogen) atoms. The molecule has 1 fully saturated rings. The highest BCUT2D eigenvalue weighted by atomic mass is 16.5. The summed E-state index contributed by atoms with van der Waals surface area (Å²) in [6.45, 7) is 4.65. The predicted molar refractivity (Wildman–Crippen MR) is 117 cm³/mol. The normalized spacial score (nSPS) is 25.2. The number of para-hydroxylation sites is 1. The predicted octanol–water partition coefficient (Wildman–Crippen LogP) is 2.09. The Morgan fingerprint density at radius 2 is 1.94 bits per heavy atom. The summed E-state index contributed by atoms with van der Waals surface area (Å²) in [7, 11) is 1.76. The van der Waals surface area contributed by atoms with Crippen LogP contribution in [0, 0.1) is 5.41 Å². The van der Waals surface area contributed by atoms with Crippen LogP contribution in [0.5, 0.6) is 5.75 Å². The maximum absolute atomic E-state index is 13.0. The van der Waals surface area contributed by atoms with Gasteiger partial charge in [0.1, 0.15) is 12.4 Å². The molecule has 0 unspecified atom stereocenters. The zero-order valence-corrected chi connectivity index (χ0v) is 18.4. The molecule has 0 radical (unpaired) electrons. The summed E-state index contributed by atoms with van der Waals surface area (Å²) >= 11 is 0. The number of rotatable bonds is 2. The van der Waals surface area contributed by atoms with E-state index in [0.29, 0.717) is 25.4 Å². The van der Waals surface area contributed by atoms with Crippen LogP contribution in [-0.4, -0.2) is 75.2 Å². The topological polar surface area (TPSA) is 83.7 Å². The fourth-order valence-corrected chi connectivity index (χ4v) is 4.68. The molecule has 5 rings (SSSR count). The van der Waals surface area contributed by atoms with E-state index < -0.39 is 0 Å². The van der Waals surface area contributed by atoms with Crippen LogP contribution in [0.15, 0.2) is 30.5 Å². The molecule has 0 aliphatic carbocycles. The van der Waals surface area contributed by atoms with Crippen molar-refractivity contribution >= 4 is 5.91 Å². The zero-order chi connectivity index (χ0) is 21.7. The minimum Gasteiger partial charge on any atom is -0.491 e. The molecule has 4 heterocycles. The summed E-state index contributed by atoms with van der Waals surface area (Å²) in [5.74, 6) is 0.765. The molecule has 2 bridgehead atoms. The summed E-state index contributed by atoms with van der Waals surface area (Å²) in [6.07, 6.45) is 6.56. The molecule has 1 N–H and O–H groups in total. The van der Waals surface area contributed by atoms with Gasteiger partial charge in [0, 0.05) is 32.3 Å². The van der Waals surface area contributed by atoms with Crippen LogP contribution in [0.4, 0.5) is 0 Å². The first-order valence-electron chi connectivity index (χ1n) is 11.3. The largest absolute Gasteiger partial charge is 0.491 e. The van der Waals surface area contributed by atoms with Crippen LogP contribution >= 0.6 is 0 Å². The molecule has 8 heteroatoms. The van der Waals surface area contributed by atoms with Crippen molar-refractivity contribution in [2.24, 2.45) is 12.5 Å². The lowest BCUT2D eigenvalue weighted by molar-refractivity contribution is 0.0319. The number of aliphatic hydroxyl groups is 1. The number of nitrogens with zero attached hydrogens (tertiary/aromatic N) is 5. The average Bonchev–Trinajstić information content (AvgIpc) is 3.22. The molecule has 168 valence electrons. The number of aryl methyl sites for hydroxylation is 1. The molecule has 1 aromatic heterocycles. The van der Waals surface area contributed by atoms with Crippen molar-refractivity contribution in [3.63, 3.8) is 0 Å². The second-order valence-electron chi connectivity index (χ2n) is 8.92. The number of ether oxygens (including phenoxy) is 1. The molecule has 1 saturated heterocycles. The summed E-state index contributed by atoms with van der Waals surface area (Å²) < 4.78 is 7.68. The minimum atomic E-state index is -0.113. The van der Waals surface area contributed by atoms with Gasteiger partial charge in [0.2, 0.25) is 0 Å². The Balaban J connectivity index is 1.53. The van der Waals surface area contributed by atoms with E-state index in [9.17, 15) is 9.90 Å². The van der Waals surface area contributed by atoms with Gasteiger partial charge in [0.25, 0.3) is 5.91 Å². The minimum absolute atomic E-state index is 0.00639. The zero-order valence-electron chi connectivity index (χ0n) is 18.4. The van der Waals surface area contributed by atoms with Crippen molar-refractivity contribution < 1.29 is 14.6 Å². The van der Waals surface area contributed by atoms with Gasteiger partial charge in [-0.2, -0.15) is 0 Å². The van der Waals surface area contributed by atoms with Crippen LogP contribution in [0.1, 0.15) is 48.2 Å². The van der Waals surface area contributed by atoms with E-state index in [1.54, 1.807) is 17.9 Å². The smallest absolute Gasteiger partial charge is 0.276 e. The number of piperidine rings is 1. The number of carbonyl (C=O) groups is 1. The SMILES string of the molecule is Cn1cc(C(=O)N2CCCCC3(CO)CCN(CC3)Cc3ccccc3OCC2)nn1. The summed E-state index contributed by atoms with van der Waals surface area (Å²) in [6, 6.07) is 8.15. The molecule has 3 aliphatic rings. The van der Waals surface area contributed by atoms with E-state index in [2.05, 4.69) is 21.3 Å². The van der Waals surface area contributed by atoms with Crippen molar-refractivity contribution in [1.29, 1.82) is 0 Å². The third-order valence-corrected chi connectivity index (χ3v) is 6.73. The molecule has 3 aliphatic heterocycles. The van der Waals surface area contributed by atoms with Crippen LogP contribution in [0.3, 0.4) is 0 Å². The maximum atomic E-state index is 13.0. The van der Waals surface area contributed by atoms with Gasteiger partial charge >= 0.3 is 0 Å². The number of fused-ring (bicyclic) bond motifs is 9. The van der Waals surface area contributed by atoms with Gasteiger partial charge in [-0.05, 0) is 50.3 Å². The van der Waals surface area contributed by atoms with E-state index in [1.165, 1.54) is 5.56 Å². The lowest BCUT2D eigenvalue weighted by Crippen LogP contribution is -2.41. The second-order valence-corrected chi connectivity index (χ2v) is 8.92. The molecular weight excluding hydrogens is 394 g/mol. The molecule has 0 saturated carbocycles. The third kappa shape index (κ3) is 5.25. The highest BCUT2D eigenvalue weighted by Gasteiger charge is 2.34. The monoisotopic (exact) mass is 427 g/mol. The lowest BCUT2D eigenvalue weighted by Gasteiger charge is -2.41. The quantitative estimate of drug-likeness (QED) is 0.790. The first-order chi connectivity index (χ1) is 15.1. The van der Waals surface area contributed by atoms with E-state index >= 15 is 0 Å². The number of amides is 1. The summed E-state index contributed by atoms with van der Waals surface area (Å²) in [4.78, 5) is 17.3. The van der Waals surface area contributed by atoms with Crippen LogP contribution in [-0.2, 0) is 13.6 Å². The van der Waals surface area contributed by atoms with Gasteiger partial charge in [-0.25, -0.2) is 0 Å². The number of hydrogen-bond donors (Lipinski definition) is 1. The Labute approximate surface area is 183 Å². The highest BCUT2D eigenvalue weighted by Crippen LogP contribution is 2.37. The van der Waals surface area contributed by atoms with Gasteiger partial charge < -0.3 is 14.7 Å². The molecule has 1 amide bonds. The van der Waals surface area contributed by atoms with Crippen molar-refractivity contribution in [3.05, 3.63) is 41.7 Å². The number of carbonyl (C=O) groups excluding carboxylic acids is 1. The Hall–Kier alpha value is -2.45. The van der Waals surface area contributed by atoms with E-state index in [-0.39, 0.29) is 17.9 Å². The van der Waals surface area contributed by atoms with Crippen molar-refractivity contribution in [3.8, 4) is 5.75 Å². The first-order valence-corrected chi connectivity index (χ1v) is 11.3. The van der Waals surface area contributed by atoms with Gasteiger partial charge in [0.05, 0.1) is 12.7 Å². The van der Waals surface area contributed by atoms with Gasteiger partial charge in [-0.15, -0.1) is 5.10 Å². The summed E-state index contributed by atoms with van der Waals surface area (Å²) in [5, 5.41) is 18.0. The molecule has 1 aromatic carbocycles. The van der Waals surface area contributed by atoms with Crippen molar-refractivity contribution in [2.45, 2.75) is 38.6 Å². The molecule has 0 atom stereocenters. The third-order valence-electron chi connectivity index (χ3n) is 6.73. The fourth-order valence-electron chi connectivity index (χ4n) is 4.68. The van der Waals surface area contributed by atoms with Crippen molar-refractivity contribution in [2.75, 3.05) is 39.4 Å². The lowest BCUT2D eigenvalue weighted by atomic mass is 9.75. The molecule has 2 aromatic rings. The Kier molecular flexibility index (Phi) is 6.87. The Morgan fingerprint density at radius 1 is 1.13 bits per heavy atom. The Bertz CT molecular complexity index is 876. The molecule has 8 nitrogen and oxygen atoms in total. The van der Waals surface area contributed by atoms with E-state index in [0.717, 1.165) is 57.5 Å². The maximum Gasteiger partial charge on any atom is 0.276 e. The van der Waals surface area contributed by atoms with Gasteiger partial charge in [-0.3, -0.25) is 14.4 Å². The highest BCUT2D eigenvalue weighted by molar-refractivity contribution is 5.91. The number of aromatic nitrogens is 3. The molecular formula is C23H33N5O3. The first kappa shape index (κ1) is 21.8. The Morgan fingerprint density at radius 3 is 2.68 bits per heavy atom. The second kappa shape index (κ2) is 9.78. The van der Waals surface area contributed by atoms with Gasteiger partial charge in [-0.1, -0.05) is 29.8 Å². The standard InChI is InChI=1S/C23H33N5O3/c1-26-17-20(24-25-26)22(30)28-11-5-4-8-23(18-29)9-12-27(13-10-23)16-19-6-2-3-7-21(19)31-15-14-28/h2-3,6-7,17,29H,4-5,8-16,18H2,1H3. The number of hydrogen-bond acceptors (Lipinski definition) is 6. The van der Waals surface area contributed by atoms with Crippen LogP contribution < -0.4 is 4.74 Å². The average molecular weight is 428 g/mol. The van der Waals surface area contributed by atoms with E-state index in [1.807, 2.05) is 23.1 Å². The molecule has 0 spiro atoms. The van der Waals surface area contributed by atoms with E-state index in [4.69, 9.17) is 4.74 Å². The number of benzene rings is 1. The summed E-state index contributed by atoms with van der Waals surface area (Å²) in [5.41, 5.74) is 1.53. The fraction of sp³-hybridized carbons (Fsp3) is 0.609. The van der Waals surface area contributed by atoms with Gasteiger partial charge in [0.15, 0.2) is 5.69 Å².